The molecule has 0 spiro atoms. The predicted octanol–water partition coefficient (Wildman–Crippen LogP) is 3.57. The van der Waals surface area contributed by atoms with Crippen molar-refractivity contribution >= 4 is 23.2 Å². The number of rotatable bonds is 6. The Morgan fingerprint density at radius 2 is 2.21 bits per heavy atom. The van der Waals surface area contributed by atoms with E-state index < -0.39 is 5.79 Å². The second-order valence-corrected chi connectivity index (χ2v) is 6.83. The molecule has 1 aromatic heterocycles. The third-order valence-corrected chi connectivity index (χ3v) is 4.72. The second-order valence-electron chi connectivity index (χ2n) is 5.99. The van der Waals surface area contributed by atoms with E-state index in [2.05, 4.69) is 18.9 Å². The molecule has 7 heteroatoms. The van der Waals surface area contributed by atoms with Crippen molar-refractivity contribution in [3.63, 3.8) is 0 Å². The fourth-order valence-corrected chi connectivity index (χ4v) is 3.51. The molecule has 2 unspecified atom stereocenters. The molecule has 0 radical (unpaired) electrons. The zero-order chi connectivity index (χ0) is 17.2. The SMILES string of the molecule is CCCC1COC(Cn2c[n+](CC)cn2)(c2ccc(Cl)cc2Cl)O1. The van der Waals surface area contributed by atoms with Crippen LogP contribution in [0.25, 0.3) is 0 Å². The highest BCUT2D eigenvalue weighted by Gasteiger charge is 2.46. The maximum absolute atomic E-state index is 6.44. The van der Waals surface area contributed by atoms with Crippen LogP contribution < -0.4 is 4.57 Å². The first-order valence-electron chi connectivity index (χ1n) is 8.25. The van der Waals surface area contributed by atoms with Gasteiger partial charge < -0.3 is 9.47 Å². The van der Waals surface area contributed by atoms with Gasteiger partial charge in [-0.3, -0.25) is 0 Å². The van der Waals surface area contributed by atoms with Crippen LogP contribution in [0.2, 0.25) is 10.0 Å². The molecular weight excluding hydrogens is 349 g/mol. The molecule has 1 saturated heterocycles. The van der Waals surface area contributed by atoms with Crippen LogP contribution in [0, 0.1) is 0 Å². The average Bonchev–Trinajstić information content (AvgIpc) is 3.16. The van der Waals surface area contributed by atoms with E-state index in [9.17, 15) is 0 Å². The number of ether oxygens (including phenoxy) is 2. The largest absolute Gasteiger partial charge is 0.341 e. The molecular formula is C17H22Cl2N3O2+. The Bertz CT molecular complexity index is 707. The lowest BCUT2D eigenvalue weighted by atomic mass is 10.1. The third-order valence-electron chi connectivity index (χ3n) is 4.18. The predicted molar refractivity (Wildman–Crippen MR) is 92.0 cm³/mol. The summed E-state index contributed by atoms with van der Waals surface area (Å²) < 4.78 is 16.3. The molecule has 1 fully saturated rings. The molecule has 3 rings (SSSR count). The van der Waals surface area contributed by atoms with Gasteiger partial charge in [0, 0.05) is 15.7 Å². The van der Waals surface area contributed by atoms with Gasteiger partial charge in [0.05, 0.1) is 24.3 Å². The molecule has 0 saturated carbocycles. The first kappa shape index (κ1) is 17.7. The Morgan fingerprint density at radius 1 is 1.38 bits per heavy atom. The quantitative estimate of drug-likeness (QED) is 0.729. The zero-order valence-corrected chi connectivity index (χ0v) is 15.4. The third kappa shape index (κ3) is 3.59. The summed E-state index contributed by atoms with van der Waals surface area (Å²) >= 11 is 12.5. The van der Waals surface area contributed by atoms with Crippen molar-refractivity contribution < 1.29 is 14.0 Å². The number of benzene rings is 1. The lowest BCUT2D eigenvalue weighted by Crippen LogP contribution is -2.35. The van der Waals surface area contributed by atoms with E-state index in [1.807, 2.05) is 21.6 Å². The minimum absolute atomic E-state index is 0.0515. The molecule has 1 aliphatic heterocycles. The van der Waals surface area contributed by atoms with E-state index in [1.54, 1.807) is 18.5 Å². The van der Waals surface area contributed by atoms with E-state index in [0.717, 1.165) is 24.9 Å². The first-order valence-corrected chi connectivity index (χ1v) is 9.00. The van der Waals surface area contributed by atoms with Gasteiger partial charge in [0.25, 0.3) is 6.33 Å². The number of aromatic nitrogens is 3. The summed E-state index contributed by atoms with van der Waals surface area (Å²) in [5.41, 5.74) is 0.783. The van der Waals surface area contributed by atoms with Crippen molar-refractivity contribution in [2.75, 3.05) is 6.61 Å². The van der Waals surface area contributed by atoms with Gasteiger partial charge in [-0.15, -0.1) is 4.68 Å². The van der Waals surface area contributed by atoms with Gasteiger partial charge in [-0.2, -0.15) is 0 Å². The van der Waals surface area contributed by atoms with E-state index >= 15 is 0 Å². The summed E-state index contributed by atoms with van der Waals surface area (Å²) in [5, 5.41) is 5.51. The summed E-state index contributed by atoms with van der Waals surface area (Å²) in [6.45, 7) is 6.03. The highest BCUT2D eigenvalue weighted by molar-refractivity contribution is 6.35. The van der Waals surface area contributed by atoms with Crippen molar-refractivity contribution in [3.8, 4) is 0 Å². The van der Waals surface area contributed by atoms with Gasteiger partial charge in [0.1, 0.15) is 0 Å². The van der Waals surface area contributed by atoms with Crippen molar-refractivity contribution in [2.45, 2.75) is 51.7 Å². The molecule has 2 heterocycles. The lowest BCUT2D eigenvalue weighted by molar-refractivity contribution is -0.694. The highest BCUT2D eigenvalue weighted by atomic mass is 35.5. The summed E-state index contributed by atoms with van der Waals surface area (Å²) in [7, 11) is 0. The van der Waals surface area contributed by atoms with Gasteiger partial charge in [0.15, 0.2) is 6.54 Å². The van der Waals surface area contributed by atoms with Crippen molar-refractivity contribution in [3.05, 3.63) is 46.5 Å². The standard InChI is InChI=1S/C17H22Cl2N3O2/c1-3-5-14-9-23-17(24-14,10-22-12-21(4-2)11-20-22)15-7-6-13(18)8-16(15)19/h6-8,11-12,14H,3-5,9-10H2,1-2H3/q+1. The Labute approximate surface area is 152 Å². The van der Waals surface area contributed by atoms with Crippen molar-refractivity contribution in [2.24, 2.45) is 0 Å². The number of hydrogen-bond acceptors (Lipinski definition) is 3. The van der Waals surface area contributed by atoms with Gasteiger partial charge in [-0.1, -0.05) is 42.6 Å². The lowest BCUT2D eigenvalue weighted by Gasteiger charge is -2.27. The van der Waals surface area contributed by atoms with Crippen LogP contribution in [0.1, 0.15) is 32.3 Å². The minimum Gasteiger partial charge on any atom is -0.341 e. The van der Waals surface area contributed by atoms with Gasteiger partial charge in [-0.05, 0) is 25.5 Å². The van der Waals surface area contributed by atoms with Crippen LogP contribution in [0.5, 0.6) is 0 Å². The van der Waals surface area contributed by atoms with E-state index in [1.165, 1.54) is 0 Å². The molecule has 0 N–H and O–H groups in total. The van der Waals surface area contributed by atoms with Crippen LogP contribution in [0.3, 0.4) is 0 Å². The fraction of sp³-hybridized carbons (Fsp3) is 0.529. The topological polar surface area (TPSA) is 40.2 Å². The normalized spacial score (nSPS) is 23.8. The number of hydrogen-bond donors (Lipinski definition) is 0. The summed E-state index contributed by atoms with van der Waals surface area (Å²) in [6, 6.07) is 5.39. The van der Waals surface area contributed by atoms with Crippen LogP contribution in [-0.4, -0.2) is 22.5 Å². The number of nitrogens with zero attached hydrogens (tertiary/aromatic N) is 3. The summed E-state index contributed by atoms with van der Waals surface area (Å²) in [4.78, 5) is 0. The fourth-order valence-electron chi connectivity index (χ4n) is 2.96. The van der Waals surface area contributed by atoms with E-state index in [4.69, 9.17) is 32.7 Å². The summed E-state index contributed by atoms with van der Waals surface area (Å²) in [5.74, 6) is -0.945. The number of aryl methyl sites for hydroxylation is 1. The first-order chi connectivity index (χ1) is 11.6. The Hall–Kier alpha value is -1.14. The molecule has 24 heavy (non-hydrogen) atoms. The summed E-state index contributed by atoms with van der Waals surface area (Å²) in [6.07, 6.45) is 5.76. The van der Waals surface area contributed by atoms with Crippen LogP contribution in [-0.2, 0) is 28.4 Å². The molecule has 2 atom stereocenters. The van der Waals surface area contributed by atoms with Crippen LogP contribution >= 0.6 is 23.2 Å². The van der Waals surface area contributed by atoms with Gasteiger partial charge >= 0.3 is 0 Å². The van der Waals surface area contributed by atoms with Crippen LogP contribution in [0.4, 0.5) is 0 Å². The monoisotopic (exact) mass is 370 g/mol. The molecule has 0 aliphatic carbocycles. The van der Waals surface area contributed by atoms with Gasteiger partial charge in [-0.25, -0.2) is 4.57 Å². The molecule has 2 aromatic rings. The molecule has 130 valence electrons. The number of halogens is 2. The van der Waals surface area contributed by atoms with E-state index in [-0.39, 0.29) is 6.10 Å². The molecule has 0 bridgehead atoms. The van der Waals surface area contributed by atoms with Gasteiger partial charge in [0.2, 0.25) is 12.1 Å². The molecule has 1 aliphatic rings. The molecule has 0 amide bonds. The average molecular weight is 371 g/mol. The maximum atomic E-state index is 6.44. The minimum atomic E-state index is -0.945. The zero-order valence-electron chi connectivity index (χ0n) is 13.9. The van der Waals surface area contributed by atoms with Crippen LogP contribution in [0.15, 0.2) is 30.9 Å². The van der Waals surface area contributed by atoms with Crippen molar-refractivity contribution in [1.29, 1.82) is 0 Å². The molecule has 5 nitrogen and oxygen atoms in total. The Balaban J connectivity index is 1.95. The second kappa shape index (κ2) is 7.40. The van der Waals surface area contributed by atoms with E-state index in [0.29, 0.717) is 23.2 Å². The Morgan fingerprint density at radius 3 is 2.88 bits per heavy atom. The Kier molecular flexibility index (Phi) is 5.45. The smallest absolute Gasteiger partial charge is 0.265 e. The highest BCUT2D eigenvalue weighted by Crippen LogP contribution is 2.41. The van der Waals surface area contributed by atoms with Crippen molar-refractivity contribution in [1.82, 2.24) is 9.78 Å². The maximum Gasteiger partial charge on any atom is 0.265 e. The molecule has 1 aromatic carbocycles.